The summed E-state index contributed by atoms with van der Waals surface area (Å²) in [5.74, 6) is 0. The molecule has 1 N–H and O–H groups in total. The van der Waals surface area contributed by atoms with Gasteiger partial charge in [-0.25, -0.2) is 0 Å². The Labute approximate surface area is 331 Å². The van der Waals surface area contributed by atoms with Gasteiger partial charge in [-0.2, -0.15) is 0 Å². The molecule has 1 atom stereocenters. The molecule has 0 saturated heterocycles. The number of ether oxygens (including phenoxy) is 6. The van der Waals surface area contributed by atoms with E-state index >= 15 is 0 Å². The van der Waals surface area contributed by atoms with E-state index in [4.69, 9.17) is 28.4 Å². The highest BCUT2D eigenvalue weighted by Gasteiger charge is 2.38. The molecule has 0 spiro atoms. The lowest BCUT2D eigenvalue weighted by atomic mass is 9.80. The SMILES string of the molecule is CC(O)C(OCCOCCOC(c1ccccc1)(c1ccccc1)c1ccccc1)OCCOCCOC(c1ccccc1)(c1ccccc1)c1ccccc1. The van der Waals surface area contributed by atoms with Crippen molar-refractivity contribution in [2.24, 2.45) is 0 Å². The van der Waals surface area contributed by atoms with Crippen molar-refractivity contribution in [3.05, 3.63) is 215 Å². The summed E-state index contributed by atoms with van der Waals surface area (Å²) in [6.45, 7) is 4.15. The number of hydrogen-bond acceptors (Lipinski definition) is 7. The van der Waals surface area contributed by atoms with Crippen LogP contribution in [-0.4, -0.2) is 70.4 Å². The average Bonchev–Trinajstić information content (AvgIpc) is 3.27. The smallest absolute Gasteiger partial charge is 0.183 e. The lowest BCUT2D eigenvalue weighted by Gasteiger charge is -2.36. The third kappa shape index (κ3) is 10.3. The van der Waals surface area contributed by atoms with Gasteiger partial charge in [-0.15, -0.1) is 0 Å². The maximum absolute atomic E-state index is 10.4. The lowest BCUT2D eigenvalue weighted by molar-refractivity contribution is -0.200. The monoisotopic (exact) mass is 752 g/mol. The van der Waals surface area contributed by atoms with E-state index < -0.39 is 23.6 Å². The number of hydrogen-bond donors (Lipinski definition) is 1. The van der Waals surface area contributed by atoms with Crippen LogP contribution in [0.5, 0.6) is 0 Å². The predicted molar refractivity (Wildman–Crippen MR) is 219 cm³/mol. The molecule has 0 heterocycles. The van der Waals surface area contributed by atoms with Crippen LogP contribution < -0.4 is 0 Å². The maximum Gasteiger partial charge on any atom is 0.183 e. The van der Waals surface area contributed by atoms with Gasteiger partial charge < -0.3 is 33.5 Å². The Hall–Kier alpha value is -4.96. The molecule has 0 fully saturated rings. The Morgan fingerprint density at radius 3 is 0.821 bits per heavy atom. The molecule has 0 bridgehead atoms. The summed E-state index contributed by atoms with van der Waals surface area (Å²) >= 11 is 0. The molecule has 6 aromatic rings. The third-order valence-corrected chi connectivity index (χ3v) is 9.59. The highest BCUT2D eigenvalue weighted by Crippen LogP contribution is 2.41. The molecule has 6 aromatic carbocycles. The number of rotatable bonds is 23. The van der Waals surface area contributed by atoms with E-state index in [9.17, 15) is 5.11 Å². The largest absolute Gasteiger partial charge is 0.388 e. The minimum Gasteiger partial charge on any atom is -0.388 e. The number of benzene rings is 6. The predicted octanol–water partition coefficient (Wildman–Crippen LogP) is 8.78. The van der Waals surface area contributed by atoms with Crippen LogP contribution >= 0.6 is 0 Å². The van der Waals surface area contributed by atoms with Crippen LogP contribution in [0.4, 0.5) is 0 Å². The molecule has 290 valence electrons. The Bertz CT molecular complexity index is 1590. The molecule has 0 amide bonds. The highest BCUT2D eigenvalue weighted by molar-refractivity contribution is 5.48. The van der Waals surface area contributed by atoms with Crippen LogP contribution in [0.1, 0.15) is 40.3 Å². The van der Waals surface area contributed by atoms with Crippen LogP contribution in [0.2, 0.25) is 0 Å². The average molecular weight is 753 g/mol. The first kappa shape index (κ1) is 40.7. The molecule has 0 aliphatic carbocycles. The minimum atomic E-state index is -0.840. The van der Waals surface area contributed by atoms with Gasteiger partial charge >= 0.3 is 0 Å². The normalized spacial score (nSPS) is 12.5. The van der Waals surface area contributed by atoms with Gasteiger partial charge in [-0.1, -0.05) is 182 Å². The van der Waals surface area contributed by atoms with Gasteiger partial charge in [0, 0.05) is 0 Å². The quantitative estimate of drug-likeness (QED) is 0.0399. The van der Waals surface area contributed by atoms with E-state index in [0.29, 0.717) is 39.6 Å². The van der Waals surface area contributed by atoms with Gasteiger partial charge in [-0.3, -0.25) is 0 Å². The molecule has 1 unspecified atom stereocenters. The Morgan fingerprint density at radius 2 is 0.589 bits per heavy atom. The molecule has 56 heavy (non-hydrogen) atoms. The molecule has 0 aromatic heterocycles. The van der Waals surface area contributed by atoms with Crippen molar-refractivity contribution in [1.29, 1.82) is 0 Å². The Morgan fingerprint density at radius 1 is 0.357 bits per heavy atom. The molecule has 0 radical (unpaired) electrons. The van der Waals surface area contributed by atoms with E-state index in [1.807, 2.05) is 109 Å². The van der Waals surface area contributed by atoms with Gasteiger partial charge in [0.1, 0.15) is 17.3 Å². The first-order chi connectivity index (χ1) is 27.6. The summed E-state index contributed by atoms with van der Waals surface area (Å²) in [6.07, 6.45) is -1.66. The van der Waals surface area contributed by atoms with E-state index in [0.717, 1.165) is 33.4 Å². The zero-order valence-electron chi connectivity index (χ0n) is 32.0. The summed E-state index contributed by atoms with van der Waals surface area (Å²) in [5, 5.41) is 10.4. The van der Waals surface area contributed by atoms with Crippen molar-refractivity contribution < 1.29 is 33.5 Å². The molecular formula is C49H52O7. The van der Waals surface area contributed by atoms with E-state index in [1.165, 1.54) is 0 Å². The topological polar surface area (TPSA) is 75.6 Å². The zero-order valence-corrected chi connectivity index (χ0v) is 32.0. The van der Waals surface area contributed by atoms with E-state index in [2.05, 4.69) is 72.8 Å². The van der Waals surface area contributed by atoms with Crippen molar-refractivity contribution in [3.8, 4) is 0 Å². The first-order valence-electron chi connectivity index (χ1n) is 19.3. The molecule has 0 aliphatic heterocycles. The molecule has 7 nitrogen and oxygen atoms in total. The standard InChI is InChI=1S/C49H52O7/c1-40(50)47(53-36-32-51-34-38-55-48(41-20-8-2-9-21-41,42-22-10-3-11-23-42)43-24-12-4-13-25-43)54-37-33-52-35-39-56-49(44-26-14-5-15-27-44,45-28-16-6-17-29-45)46-30-18-7-19-31-46/h2-31,40,47,50H,32-39H2,1H3. The molecule has 6 rings (SSSR count). The zero-order chi connectivity index (χ0) is 38.7. The maximum atomic E-state index is 10.4. The van der Waals surface area contributed by atoms with Crippen molar-refractivity contribution in [2.45, 2.75) is 30.5 Å². The van der Waals surface area contributed by atoms with Gasteiger partial charge in [0.05, 0.1) is 52.9 Å². The second-order valence-electron chi connectivity index (χ2n) is 13.3. The molecule has 7 heteroatoms. The van der Waals surface area contributed by atoms with Crippen LogP contribution in [0.3, 0.4) is 0 Å². The second-order valence-corrected chi connectivity index (χ2v) is 13.3. The van der Waals surface area contributed by atoms with Gasteiger partial charge in [0.2, 0.25) is 0 Å². The van der Waals surface area contributed by atoms with Gasteiger partial charge in [-0.05, 0) is 40.3 Å². The summed E-state index contributed by atoms with van der Waals surface area (Å²) in [7, 11) is 0. The number of aliphatic hydroxyl groups excluding tert-OH is 1. The fourth-order valence-electron chi connectivity index (χ4n) is 7.02. The first-order valence-corrected chi connectivity index (χ1v) is 19.3. The van der Waals surface area contributed by atoms with Gasteiger partial charge in [0.15, 0.2) is 6.29 Å². The third-order valence-electron chi connectivity index (χ3n) is 9.59. The molecule has 0 saturated carbocycles. The van der Waals surface area contributed by atoms with Crippen LogP contribution in [0.25, 0.3) is 0 Å². The summed E-state index contributed by atoms with van der Waals surface area (Å²) in [4.78, 5) is 0. The highest BCUT2D eigenvalue weighted by atomic mass is 16.7. The molecular weight excluding hydrogens is 701 g/mol. The number of aliphatic hydroxyl groups is 1. The van der Waals surface area contributed by atoms with Crippen LogP contribution in [0, 0.1) is 0 Å². The van der Waals surface area contributed by atoms with Crippen molar-refractivity contribution in [3.63, 3.8) is 0 Å². The van der Waals surface area contributed by atoms with Gasteiger partial charge in [0.25, 0.3) is 0 Å². The fourth-order valence-corrected chi connectivity index (χ4v) is 7.02. The van der Waals surface area contributed by atoms with Crippen molar-refractivity contribution >= 4 is 0 Å². The summed E-state index contributed by atoms with van der Waals surface area (Å²) < 4.78 is 37.1. The van der Waals surface area contributed by atoms with Crippen LogP contribution in [0.15, 0.2) is 182 Å². The second kappa shape index (κ2) is 21.4. The lowest BCUT2D eigenvalue weighted by Crippen LogP contribution is -2.34. The summed E-state index contributed by atoms with van der Waals surface area (Å²) in [6, 6.07) is 61.6. The Balaban J connectivity index is 0.954. The molecule has 0 aliphatic rings. The van der Waals surface area contributed by atoms with E-state index in [-0.39, 0.29) is 13.2 Å². The van der Waals surface area contributed by atoms with Crippen molar-refractivity contribution in [1.82, 2.24) is 0 Å². The van der Waals surface area contributed by atoms with Crippen LogP contribution in [-0.2, 0) is 39.6 Å². The van der Waals surface area contributed by atoms with E-state index in [1.54, 1.807) is 6.92 Å². The Kier molecular flexibility index (Phi) is 15.5. The fraction of sp³-hybridized carbons (Fsp3) is 0.265. The minimum absolute atomic E-state index is 0.242. The van der Waals surface area contributed by atoms with Crippen molar-refractivity contribution in [2.75, 3.05) is 52.9 Å². The summed E-state index contributed by atoms with van der Waals surface area (Å²) in [5.41, 5.74) is 4.60.